The number of aromatic nitrogens is 3. The van der Waals surface area contributed by atoms with Gasteiger partial charge >= 0.3 is 12.0 Å². The zero-order valence-electron chi connectivity index (χ0n) is 26.0. The van der Waals surface area contributed by atoms with Gasteiger partial charge < -0.3 is 19.4 Å². The predicted octanol–water partition coefficient (Wildman–Crippen LogP) is 6.98. The van der Waals surface area contributed by atoms with E-state index in [1.54, 1.807) is 30.2 Å². The molecule has 1 unspecified atom stereocenters. The van der Waals surface area contributed by atoms with Gasteiger partial charge in [0.05, 0.1) is 23.3 Å². The summed E-state index contributed by atoms with van der Waals surface area (Å²) >= 11 is 0. The Morgan fingerprint density at radius 2 is 1.84 bits per heavy atom. The van der Waals surface area contributed by atoms with E-state index >= 15 is 0 Å². The van der Waals surface area contributed by atoms with Gasteiger partial charge in [-0.25, -0.2) is 14.6 Å². The molecule has 0 spiro atoms. The Morgan fingerprint density at radius 3 is 2.55 bits per heavy atom. The highest BCUT2D eigenvalue weighted by molar-refractivity contribution is 5.94. The molecular weight excluding hydrogens is 554 g/mol. The van der Waals surface area contributed by atoms with Crippen molar-refractivity contribution in [2.75, 3.05) is 18.6 Å². The van der Waals surface area contributed by atoms with Gasteiger partial charge in [-0.05, 0) is 74.2 Å². The summed E-state index contributed by atoms with van der Waals surface area (Å²) in [5, 5.41) is 3.22. The molecule has 44 heavy (non-hydrogen) atoms. The summed E-state index contributed by atoms with van der Waals surface area (Å²) in [6.45, 7) is 4.81. The molecule has 1 atom stereocenters. The summed E-state index contributed by atoms with van der Waals surface area (Å²) in [7, 11) is 1.82. The second kappa shape index (κ2) is 14.9. The average molecular weight is 598 g/mol. The maximum Gasteiger partial charge on any atom is 0.353 e. The van der Waals surface area contributed by atoms with Crippen molar-refractivity contribution in [2.45, 2.75) is 83.9 Å². The number of pyridine rings is 1. The van der Waals surface area contributed by atoms with Crippen LogP contribution >= 0.6 is 0 Å². The molecule has 0 aliphatic heterocycles. The highest BCUT2D eigenvalue weighted by Crippen LogP contribution is 2.27. The van der Waals surface area contributed by atoms with Crippen LogP contribution in [0.4, 0.5) is 10.5 Å². The van der Waals surface area contributed by atoms with Crippen LogP contribution in [0.5, 0.6) is 5.75 Å². The number of amides is 2. The predicted molar refractivity (Wildman–Crippen MR) is 172 cm³/mol. The van der Waals surface area contributed by atoms with E-state index in [-0.39, 0.29) is 18.7 Å². The largest absolute Gasteiger partial charge is 0.472 e. The number of carbonyl (C=O) groups excluding carboxylic acids is 2. The topological polar surface area (TPSA) is 98.6 Å². The number of anilines is 1. The third-order valence-corrected chi connectivity index (χ3v) is 8.16. The summed E-state index contributed by atoms with van der Waals surface area (Å²) < 4.78 is 13.6. The van der Waals surface area contributed by atoms with E-state index in [9.17, 15) is 9.59 Å². The highest BCUT2D eigenvalue weighted by Gasteiger charge is 2.25. The molecule has 1 saturated carbocycles. The van der Waals surface area contributed by atoms with Gasteiger partial charge in [0.15, 0.2) is 0 Å². The minimum atomic E-state index is -0.953. The number of hydrogen-bond donors (Lipinski definition) is 1. The molecule has 1 N–H and O–H groups in total. The number of esters is 1. The van der Waals surface area contributed by atoms with E-state index in [4.69, 9.17) is 14.5 Å². The lowest BCUT2D eigenvalue weighted by Crippen LogP contribution is -2.43. The Balaban J connectivity index is 1.36. The monoisotopic (exact) mass is 597 g/mol. The lowest BCUT2D eigenvalue weighted by Gasteiger charge is -2.26. The van der Waals surface area contributed by atoms with Gasteiger partial charge in [0.25, 0.3) is 0 Å². The Bertz CT molecular complexity index is 1530. The van der Waals surface area contributed by atoms with Crippen molar-refractivity contribution >= 4 is 28.7 Å². The fraction of sp³-hybridized carbons (Fsp3) is 0.429. The number of nitrogens with one attached hydrogen (secondary N) is 1. The van der Waals surface area contributed by atoms with Gasteiger partial charge in [-0.3, -0.25) is 9.88 Å². The van der Waals surface area contributed by atoms with Gasteiger partial charge in [-0.15, -0.1) is 0 Å². The lowest BCUT2D eigenvalue weighted by molar-refractivity contribution is -0.152. The number of aryl methyl sites for hydroxylation is 1. The molecule has 0 bridgehead atoms. The molecule has 2 amide bonds. The van der Waals surface area contributed by atoms with E-state index < -0.39 is 12.1 Å². The van der Waals surface area contributed by atoms with Crippen molar-refractivity contribution < 1.29 is 19.1 Å². The molecule has 2 aromatic carbocycles. The Labute approximate surface area is 259 Å². The van der Waals surface area contributed by atoms with Crippen molar-refractivity contribution in [3.8, 4) is 5.75 Å². The SMILES string of the molecule is CCCCc1nc2ccc(N(C)C(=O)NC3CCCCC3)cc2n1Cc1ccc(OC(C(=O)OCC)c2ccccn2)cc1. The van der Waals surface area contributed by atoms with Gasteiger partial charge in [0.2, 0.25) is 6.10 Å². The van der Waals surface area contributed by atoms with Crippen molar-refractivity contribution in [3.63, 3.8) is 0 Å². The smallest absolute Gasteiger partial charge is 0.353 e. The van der Waals surface area contributed by atoms with Crippen LogP contribution in [-0.4, -0.2) is 46.2 Å². The second-order valence-corrected chi connectivity index (χ2v) is 11.4. The van der Waals surface area contributed by atoms with Gasteiger partial charge in [-0.1, -0.05) is 50.8 Å². The van der Waals surface area contributed by atoms with Gasteiger partial charge in [0.1, 0.15) is 11.6 Å². The number of fused-ring (bicyclic) bond motifs is 1. The normalized spacial score (nSPS) is 14.2. The molecule has 2 aromatic heterocycles. The molecule has 0 saturated heterocycles. The molecule has 2 heterocycles. The molecule has 4 aromatic rings. The number of benzene rings is 2. The fourth-order valence-electron chi connectivity index (χ4n) is 5.68. The molecule has 5 rings (SSSR count). The third kappa shape index (κ3) is 7.56. The first-order valence-electron chi connectivity index (χ1n) is 15.8. The maximum absolute atomic E-state index is 13.1. The highest BCUT2D eigenvalue weighted by atomic mass is 16.6. The standard InChI is InChI=1S/C35H43N5O4/c1-4-6-15-32-38-29-21-18-27(39(3)35(42)37-26-12-8-7-9-13-26)23-31(29)40(32)24-25-16-19-28(20-17-25)44-33(34(41)43-5-2)30-14-10-11-22-36-30/h10-11,14,16-23,26,33H,4-9,12-13,15,24H2,1-3H3,(H,37,42). The third-order valence-electron chi connectivity index (χ3n) is 8.16. The zero-order chi connectivity index (χ0) is 30.9. The molecule has 9 nitrogen and oxygen atoms in total. The first-order valence-corrected chi connectivity index (χ1v) is 15.8. The Kier molecular flexibility index (Phi) is 10.5. The molecule has 0 radical (unpaired) electrons. The van der Waals surface area contributed by atoms with Crippen molar-refractivity contribution in [1.82, 2.24) is 19.9 Å². The second-order valence-electron chi connectivity index (χ2n) is 11.4. The quantitative estimate of drug-likeness (QED) is 0.177. The summed E-state index contributed by atoms with van der Waals surface area (Å²) in [6, 6.07) is 19.3. The van der Waals surface area contributed by atoms with Crippen LogP contribution in [-0.2, 0) is 22.5 Å². The number of unbranched alkanes of at least 4 members (excludes halogenated alkanes) is 1. The van der Waals surface area contributed by atoms with Crippen molar-refractivity contribution in [2.24, 2.45) is 0 Å². The number of imidazole rings is 1. The molecule has 1 aliphatic carbocycles. The van der Waals surface area contributed by atoms with Crippen LogP contribution in [0.25, 0.3) is 11.0 Å². The van der Waals surface area contributed by atoms with E-state index in [0.29, 0.717) is 18.0 Å². The molecule has 1 fully saturated rings. The summed E-state index contributed by atoms with van der Waals surface area (Å²) in [5.41, 5.74) is 4.29. The first kappa shape index (κ1) is 31.0. The van der Waals surface area contributed by atoms with Crippen LogP contribution in [0.15, 0.2) is 66.9 Å². The van der Waals surface area contributed by atoms with Crippen molar-refractivity contribution in [3.05, 3.63) is 83.9 Å². The number of ether oxygens (including phenoxy) is 2. The average Bonchev–Trinajstić information content (AvgIpc) is 3.40. The first-order chi connectivity index (χ1) is 21.5. The van der Waals surface area contributed by atoms with E-state index in [1.807, 2.05) is 49.5 Å². The Morgan fingerprint density at radius 1 is 1.05 bits per heavy atom. The van der Waals surface area contributed by atoms with Crippen LogP contribution in [0, 0.1) is 0 Å². The van der Waals surface area contributed by atoms with Crippen LogP contribution in [0.2, 0.25) is 0 Å². The number of nitrogens with zero attached hydrogens (tertiary/aromatic N) is 4. The summed E-state index contributed by atoms with van der Waals surface area (Å²) in [6.07, 6.45) is 9.33. The number of urea groups is 1. The number of carbonyl (C=O) groups is 2. The Hall–Kier alpha value is -4.40. The summed E-state index contributed by atoms with van der Waals surface area (Å²) in [4.78, 5) is 36.7. The number of rotatable bonds is 12. The fourth-order valence-corrected chi connectivity index (χ4v) is 5.68. The zero-order valence-corrected chi connectivity index (χ0v) is 26.0. The van der Waals surface area contributed by atoms with Gasteiger partial charge in [0, 0.05) is 37.9 Å². The van der Waals surface area contributed by atoms with Crippen molar-refractivity contribution in [1.29, 1.82) is 0 Å². The van der Waals surface area contributed by atoms with Gasteiger partial charge in [-0.2, -0.15) is 0 Å². The molecule has 9 heteroatoms. The van der Waals surface area contributed by atoms with E-state index in [0.717, 1.165) is 60.2 Å². The van der Waals surface area contributed by atoms with Crippen LogP contribution in [0.1, 0.15) is 82.0 Å². The minimum Gasteiger partial charge on any atom is -0.472 e. The molecule has 232 valence electrons. The number of hydrogen-bond acceptors (Lipinski definition) is 6. The van der Waals surface area contributed by atoms with E-state index in [2.05, 4.69) is 27.9 Å². The molecule has 1 aliphatic rings. The molecular formula is C35H43N5O4. The minimum absolute atomic E-state index is 0.0732. The van der Waals surface area contributed by atoms with Crippen LogP contribution < -0.4 is 15.0 Å². The maximum atomic E-state index is 13.1. The van der Waals surface area contributed by atoms with Crippen LogP contribution in [0.3, 0.4) is 0 Å². The summed E-state index contributed by atoms with van der Waals surface area (Å²) in [5.74, 6) is 1.09. The lowest BCUT2D eigenvalue weighted by atomic mass is 9.96. The van der Waals surface area contributed by atoms with E-state index in [1.165, 1.54) is 19.3 Å².